The maximum atomic E-state index is 4.54. The van der Waals surface area contributed by atoms with Crippen molar-refractivity contribution in [2.75, 3.05) is 6.26 Å². The quantitative estimate of drug-likeness (QED) is 0.592. The summed E-state index contributed by atoms with van der Waals surface area (Å²) in [5.74, 6) is 0. The van der Waals surface area contributed by atoms with Crippen LogP contribution in [0.1, 0.15) is 22.5 Å². The standard InChI is InChI=1S/C15H16N4S/c1-9-13(10(2)19-15(18-9)20-3)7-11-8-17-14-12(11)5-4-6-16-14/h4-6,8H,7H2,1-3H3,(H,16,17). The molecule has 3 aromatic rings. The Morgan fingerprint density at radius 2 is 1.95 bits per heavy atom. The van der Waals surface area contributed by atoms with Crippen LogP contribution in [-0.4, -0.2) is 26.2 Å². The van der Waals surface area contributed by atoms with Crippen LogP contribution in [0.5, 0.6) is 0 Å². The van der Waals surface area contributed by atoms with Crippen molar-refractivity contribution < 1.29 is 0 Å². The molecule has 0 spiro atoms. The predicted molar refractivity (Wildman–Crippen MR) is 82.2 cm³/mol. The molecule has 0 aliphatic carbocycles. The van der Waals surface area contributed by atoms with Gasteiger partial charge in [-0.3, -0.25) is 0 Å². The molecule has 0 saturated carbocycles. The van der Waals surface area contributed by atoms with Crippen LogP contribution >= 0.6 is 11.8 Å². The number of hydrogen-bond acceptors (Lipinski definition) is 4. The average molecular weight is 284 g/mol. The summed E-state index contributed by atoms with van der Waals surface area (Å²) in [6, 6.07) is 4.06. The van der Waals surface area contributed by atoms with E-state index in [1.807, 2.05) is 18.5 Å². The van der Waals surface area contributed by atoms with Gasteiger partial charge in [-0.25, -0.2) is 15.0 Å². The van der Waals surface area contributed by atoms with E-state index in [1.54, 1.807) is 18.0 Å². The van der Waals surface area contributed by atoms with Crippen LogP contribution in [0.25, 0.3) is 11.0 Å². The molecule has 5 heteroatoms. The number of hydrogen-bond donors (Lipinski definition) is 1. The first-order chi connectivity index (χ1) is 9.69. The van der Waals surface area contributed by atoms with Gasteiger partial charge in [0.05, 0.1) is 0 Å². The van der Waals surface area contributed by atoms with Crippen LogP contribution in [0.4, 0.5) is 0 Å². The number of fused-ring (bicyclic) bond motifs is 1. The zero-order chi connectivity index (χ0) is 14.1. The summed E-state index contributed by atoms with van der Waals surface area (Å²) >= 11 is 1.58. The Hall–Kier alpha value is -1.88. The number of thioether (sulfide) groups is 1. The fourth-order valence-electron chi connectivity index (χ4n) is 2.41. The molecular formula is C15H16N4S. The molecule has 0 aliphatic heterocycles. The van der Waals surface area contributed by atoms with Crippen LogP contribution in [0.15, 0.2) is 29.7 Å². The van der Waals surface area contributed by atoms with E-state index in [-0.39, 0.29) is 0 Å². The summed E-state index contributed by atoms with van der Waals surface area (Å²) in [7, 11) is 0. The van der Waals surface area contributed by atoms with Crippen molar-refractivity contribution in [1.29, 1.82) is 0 Å². The number of aromatic nitrogens is 4. The summed E-state index contributed by atoms with van der Waals surface area (Å²) in [5, 5.41) is 2.00. The van der Waals surface area contributed by atoms with Crippen molar-refractivity contribution >= 4 is 22.8 Å². The van der Waals surface area contributed by atoms with E-state index in [4.69, 9.17) is 0 Å². The second-order valence-electron chi connectivity index (χ2n) is 4.75. The van der Waals surface area contributed by atoms with Crippen LogP contribution in [0.3, 0.4) is 0 Å². The Labute approximate surface area is 122 Å². The number of aromatic amines is 1. The summed E-state index contributed by atoms with van der Waals surface area (Å²) < 4.78 is 0. The van der Waals surface area contributed by atoms with Crippen molar-refractivity contribution in [3.63, 3.8) is 0 Å². The molecule has 0 aromatic carbocycles. The Balaban J connectivity index is 2.03. The second kappa shape index (κ2) is 5.25. The summed E-state index contributed by atoms with van der Waals surface area (Å²) in [5.41, 5.74) is 5.48. The Bertz CT molecular complexity index is 740. The number of nitrogens with zero attached hydrogens (tertiary/aromatic N) is 3. The third-order valence-corrected chi connectivity index (χ3v) is 4.03. The molecule has 0 unspecified atom stereocenters. The van der Waals surface area contributed by atoms with E-state index < -0.39 is 0 Å². The van der Waals surface area contributed by atoms with Gasteiger partial charge in [0.1, 0.15) is 5.65 Å². The van der Waals surface area contributed by atoms with Gasteiger partial charge >= 0.3 is 0 Å². The van der Waals surface area contributed by atoms with E-state index in [1.165, 1.54) is 16.5 Å². The van der Waals surface area contributed by atoms with Crippen LogP contribution in [0, 0.1) is 13.8 Å². The Morgan fingerprint density at radius 3 is 2.65 bits per heavy atom. The molecule has 20 heavy (non-hydrogen) atoms. The number of rotatable bonds is 3. The van der Waals surface area contributed by atoms with E-state index >= 15 is 0 Å². The van der Waals surface area contributed by atoms with Crippen molar-refractivity contribution in [2.45, 2.75) is 25.4 Å². The fraction of sp³-hybridized carbons (Fsp3) is 0.267. The lowest BCUT2D eigenvalue weighted by molar-refractivity contribution is 0.867. The molecule has 3 aromatic heterocycles. The topological polar surface area (TPSA) is 54.5 Å². The van der Waals surface area contributed by atoms with E-state index in [2.05, 4.69) is 39.8 Å². The number of aryl methyl sites for hydroxylation is 2. The minimum absolute atomic E-state index is 0.831. The third-order valence-electron chi connectivity index (χ3n) is 3.49. The van der Waals surface area contributed by atoms with Gasteiger partial charge in [0, 0.05) is 35.6 Å². The van der Waals surface area contributed by atoms with Gasteiger partial charge in [0.25, 0.3) is 0 Å². The van der Waals surface area contributed by atoms with Crippen molar-refractivity contribution in [3.8, 4) is 0 Å². The smallest absolute Gasteiger partial charge is 0.187 e. The lowest BCUT2D eigenvalue weighted by Gasteiger charge is -2.09. The molecule has 0 atom stereocenters. The van der Waals surface area contributed by atoms with Gasteiger partial charge in [-0.15, -0.1) is 0 Å². The highest BCUT2D eigenvalue weighted by Gasteiger charge is 2.11. The first kappa shape index (κ1) is 13.1. The van der Waals surface area contributed by atoms with Crippen LogP contribution in [0.2, 0.25) is 0 Å². The van der Waals surface area contributed by atoms with E-state index in [0.717, 1.165) is 28.6 Å². The molecule has 4 nitrogen and oxygen atoms in total. The molecule has 3 heterocycles. The zero-order valence-corrected chi connectivity index (χ0v) is 12.6. The van der Waals surface area contributed by atoms with Gasteiger partial charge in [0.2, 0.25) is 0 Å². The molecule has 0 radical (unpaired) electrons. The highest BCUT2D eigenvalue weighted by Crippen LogP contribution is 2.23. The SMILES string of the molecule is CSc1nc(C)c(Cc2c[nH]c3ncccc23)c(C)n1. The molecule has 0 fully saturated rings. The van der Waals surface area contributed by atoms with Crippen molar-refractivity contribution in [3.05, 3.63) is 47.0 Å². The van der Waals surface area contributed by atoms with E-state index in [0.29, 0.717) is 0 Å². The molecule has 1 N–H and O–H groups in total. The van der Waals surface area contributed by atoms with Gasteiger partial charge < -0.3 is 4.98 Å². The van der Waals surface area contributed by atoms with Crippen molar-refractivity contribution in [1.82, 2.24) is 19.9 Å². The molecule has 0 saturated heterocycles. The summed E-state index contributed by atoms with van der Waals surface area (Å²) in [6.07, 6.45) is 6.66. The highest BCUT2D eigenvalue weighted by atomic mass is 32.2. The van der Waals surface area contributed by atoms with Crippen LogP contribution in [-0.2, 0) is 6.42 Å². The Kier molecular flexibility index (Phi) is 3.44. The lowest BCUT2D eigenvalue weighted by Crippen LogP contribution is -2.02. The van der Waals surface area contributed by atoms with Gasteiger partial charge in [-0.1, -0.05) is 11.8 Å². The van der Waals surface area contributed by atoms with E-state index in [9.17, 15) is 0 Å². The third kappa shape index (κ3) is 2.29. The second-order valence-corrected chi connectivity index (χ2v) is 5.52. The molecular weight excluding hydrogens is 268 g/mol. The summed E-state index contributed by atoms with van der Waals surface area (Å²) in [4.78, 5) is 16.6. The predicted octanol–water partition coefficient (Wildman–Crippen LogP) is 3.28. The number of H-pyrrole nitrogens is 1. The molecule has 0 bridgehead atoms. The highest BCUT2D eigenvalue weighted by molar-refractivity contribution is 7.98. The number of pyridine rings is 1. The minimum Gasteiger partial charge on any atom is -0.346 e. The zero-order valence-electron chi connectivity index (χ0n) is 11.8. The minimum atomic E-state index is 0.831. The molecule has 0 aliphatic rings. The molecule has 102 valence electrons. The first-order valence-electron chi connectivity index (χ1n) is 6.48. The van der Waals surface area contributed by atoms with Crippen molar-refractivity contribution in [2.24, 2.45) is 0 Å². The average Bonchev–Trinajstić information content (AvgIpc) is 2.86. The lowest BCUT2D eigenvalue weighted by atomic mass is 10.0. The monoisotopic (exact) mass is 284 g/mol. The fourth-order valence-corrected chi connectivity index (χ4v) is 2.86. The largest absolute Gasteiger partial charge is 0.346 e. The van der Waals surface area contributed by atoms with Gasteiger partial charge in [-0.05, 0) is 43.4 Å². The van der Waals surface area contributed by atoms with Crippen LogP contribution < -0.4 is 0 Å². The number of nitrogens with one attached hydrogen (secondary N) is 1. The van der Waals surface area contributed by atoms with Gasteiger partial charge in [0.15, 0.2) is 5.16 Å². The Morgan fingerprint density at radius 1 is 1.20 bits per heavy atom. The summed E-state index contributed by atoms with van der Waals surface area (Å²) in [6.45, 7) is 4.10. The molecule has 3 rings (SSSR count). The van der Waals surface area contributed by atoms with Gasteiger partial charge in [-0.2, -0.15) is 0 Å². The normalized spacial score (nSPS) is 11.2. The first-order valence-corrected chi connectivity index (χ1v) is 7.70. The molecule has 0 amide bonds. The maximum Gasteiger partial charge on any atom is 0.187 e. The maximum absolute atomic E-state index is 4.54.